The molecule has 2 unspecified atom stereocenters. The van der Waals surface area contributed by atoms with Gasteiger partial charge in [0, 0.05) is 25.3 Å². The number of rotatable bonds is 8. The normalized spacial score (nSPS) is 21.5. The number of likely N-dealkylation sites (tertiary alicyclic amines) is 1. The van der Waals surface area contributed by atoms with Crippen LogP contribution in [0, 0.1) is 0 Å². The van der Waals surface area contributed by atoms with Crippen molar-refractivity contribution in [3.8, 4) is 23.0 Å². The molecule has 7 heterocycles. The highest BCUT2D eigenvalue weighted by atomic mass is 35.5. The Balaban J connectivity index is 0.996. The molecule has 46 heavy (non-hydrogen) atoms. The highest BCUT2D eigenvalue weighted by Gasteiger charge is 2.42. The number of nitrogens with two attached hydrogens (primary N) is 1. The predicted molar refractivity (Wildman–Crippen MR) is 165 cm³/mol. The molecule has 0 radical (unpaired) electrons. The number of benzene rings is 1. The molecule has 3 N–H and O–H groups in total. The van der Waals surface area contributed by atoms with Crippen molar-refractivity contribution < 1.29 is 19.0 Å². The number of carbonyl (C=O) groups excluding carboxylic acids is 1. The summed E-state index contributed by atoms with van der Waals surface area (Å²) in [6.45, 7) is 5.73. The summed E-state index contributed by atoms with van der Waals surface area (Å²) >= 11 is 6.06. The van der Waals surface area contributed by atoms with Crippen LogP contribution >= 0.6 is 11.6 Å². The lowest BCUT2D eigenvalue weighted by molar-refractivity contribution is -0.0722. The van der Waals surface area contributed by atoms with Crippen molar-refractivity contribution in [1.82, 2.24) is 44.8 Å². The van der Waals surface area contributed by atoms with E-state index in [1.807, 2.05) is 25.1 Å². The van der Waals surface area contributed by atoms with Gasteiger partial charge < -0.3 is 29.5 Å². The smallest absolute Gasteiger partial charge is 0.292 e. The molecule has 1 aromatic carbocycles. The summed E-state index contributed by atoms with van der Waals surface area (Å²) in [5.74, 6) is 1.26. The number of amides is 1. The first kappa shape index (κ1) is 28.8. The summed E-state index contributed by atoms with van der Waals surface area (Å²) in [5, 5.41) is 17.2. The van der Waals surface area contributed by atoms with Crippen molar-refractivity contribution in [2.45, 2.75) is 57.1 Å². The molecule has 3 aliphatic rings. The summed E-state index contributed by atoms with van der Waals surface area (Å²) in [4.78, 5) is 26.1. The van der Waals surface area contributed by atoms with Gasteiger partial charge >= 0.3 is 0 Å². The first-order valence-corrected chi connectivity index (χ1v) is 15.6. The summed E-state index contributed by atoms with van der Waals surface area (Å²) in [6, 6.07) is 11.5. The second kappa shape index (κ2) is 11.3. The number of carbonyl (C=O) groups is 1. The van der Waals surface area contributed by atoms with E-state index >= 15 is 0 Å². The standard InChI is InChI=1S/C31H31ClN10O4/c1-31(24-6-5-18(32)14-34-24)45-23-4-2-3-20(26(23)46-31)17-7-10-41(11-8-17)16-25-35-22-13-21(28-36-29(27(33)43)39-38-28)37-40-30(22)42(25)15-19-9-12-44-19/h2-6,13-14,17,19H,7-12,15-16H2,1H3,(H2,33,43)(H,36,38,39). The van der Waals surface area contributed by atoms with Crippen molar-refractivity contribution in [3.63, 3.8) is 0 Å². The van der Waals surface area contributed by atoms with E-state index in [1.165, 1.54) is 0 Å². The fourth-order valence-corrected chi connectivity index (χ4v) is 6.45. The SMILES string of the molecule is CC1(c2ccc(Cl)cn2)Oc2cccc(C3CCN(Cc4nc5cc(-c6nnc(C(N)=O)[nH]6)nnc5n4CC4CCO4)CC3)c2O1. The molecule has 236 valence electrons. The Morgan fingerprint density at radius 2 is 1.96 bits per heavy atom. The number of aromatic amines is 1. The molecule has 2 saturated heterocycles. The molecule has 3 aliphatic heterocycles. The number of pyridine rings is 1. The molecule has 5 aromatic rings. The zero-order chi connectivity index (χ0) is 31.4. The first-order chi connectivity index (χ1) is 22.3. The predicted octanol–water partition coefficient (Wildman–Crippen LogP) is 3.57. The maximum absolute atomic E-state index is 11.5. The number of para-hydroxylation sites is 1. The molecule has 0 aliphatic carbocycles. The lowest BCUT2D eigenvalue weighted by atomic mass is 9.88. The lowest BCUT2D eigenvalue weighted by Gasteiger charge is -2.33. The summed E-state index contributed by atoms with van der Waals surface area (Å²) in [6.07, 6.45) is 4.63. The van der Waals surface area contributed by atoms with Crippen LogP contribution in [0.5, 0.6) is 11.5 Å². The zero-order valence-electron chi connectivity index (χ0n) is 25.0. The maximum atomic E-state index is 11.5. The molecular weight excluding hydrogens is 612 g/mol. The van der Waals surface area contributed by atoms with Gasteiger partial charge in [-0.05, 0) is 62.5 Å². The number of nitrogens with zero attached hydrogens (tertiary/aromatic N) is 8. The molecule has 2 atom stereocenters. The molecule has 8 rings (SSSR count). The number of piperidine rings is 1. The summed E-state index contributed by atoms with van der Waals surface area (Å²) in [7, 11) is 0. The Kier molecular flexibility index (Phi) is 7.07. The Hall–Kier alpha value is -4.66. The number of hydrogen-bond acceptors (Lipinski definition) is 11. The van der Waals surface area contributed by atoms with Gasteiger partial charge in [-0.3, -0.25) is 14.7 Å². The Morgan fingerprint density at radius 3 is 2.67 bits per heavy atom. The van der Waals surface area contributed by atoms with Crippen molar-refractivity contribution in [2.24, 2.45) is 5.73 Å². The fourth-order valence-electron chi connectivity index (χ4n) is 6.34. The van der Waals surface area contributed by atoms with Crippen LogP contribution in [0.15, 0.2) is 42.6 Å². The topological polar surface area (TPSA) is 172 Å². The Labute approximate surface area is 268 Å². The Morgan fingerprint density at radius 1 is 1.11 bits per heavy atom. The number of H-pyrrole nitrogens is 1. The number of nitrogens with one attached hydrogen (secondary N) is 1. The van der Waals surface area contributed by atoms with Crippen LogP contribution in [0.25, 0.3) is 22.7 Å². The minimum Gasteiger partial charge on any atom is -0.443 e. The third-order valence-corrected chi connectivity index (χ3v) is 9.13. The number of ether oxygens (including phenoxy) is 3. The molecule has 0 saturated carbocycles. The minimum atomic E-state index is -1.02. The minimum absolute atomic E-state index is 0.0409. The van der Waals surface area contributed by atoms with E-state index in [-0.39, 0.29) is 11.9 Å². The quantitative estimate of drug-likeness (QED) is 0.253. The van der Waals surface area contributed by atoms with Gasteiger partial charge in [0.05, 0.1) is 24.2 Å². The van der Waals surface area contributed by atoms with Crippen LogP contribution in [0.4, 0.5) is 0 Å². The molecule has 4 aromatic heterocycles. The summed E-state index contributed by atoms with van der Waals surface area (Å²) in [5.41, 5.74) is 8.91. The van der Waals surface area contributed by atoms with E-state index in [4.69, 9.17) is 36.5 Å². The average molecular weight is 643 g/mol. The van der Waals surface area contributed by atoms with Crippen molar-refractivity contribution in [1.29, 1.82) is 0 Å². The van der Waals surface area contributed by atoms with Gasteiger partial charge in [0.25, 0.3) is 11.7 Å². The number of imidazole rings is 1. The number of halogens is 1. The van der Waals surface area contributed by atoms with Gasteiger partial charge in [0.1, 0.15) is 22.7 Å². The van der Waals surface area contributed by atoms with Crippen molar-refractivity contribution in [3.05, 3.63) is 70.5 Å². The van der Waals surface area contributed by atoms with Gasteiger partial charge in [-0.15, -0.1) is 20.4 Å². The van der Waals surface area contributed by atoms with Gasteiger partial charge in [0.15, 0.2) is 23.0 Å². The van der Waals surface area contributed by atoms with Gasteiger partial charge in [-0.25, -0.2) is 4.98 Å². The average Bonchev–Trinajstić information content (AvgIpc) is 3.75. The molecular formula is C31H31ClN10O4. The van der Waals surface area contributed by atoms with E-state index in [0.29, 0.717) is 52.4 Å². The first-order valence-electron chi connectivity index (χ1n) is 15.3. The van der Waals surface area contributed by atoms with Crippen LogP contribution in [0.1, 0.15) is 59.8 Å². The van der Waals surface area contributed by atoms with Gasteiger partial charge in [-0.1, -0.05) is 23.7 Å². The molecule has 2 fully saturated rings. The van der Waals surface area contributed by atoms with Crippen LogP contribution in [0.2, 0.25) is 5.02 Å². The lowest BCUT2D eigenvalue weighted by Crippen LogP contribution is -2.35. The molecule has 0 spiro atoms. The fraction of sp³-hybridized carbons (Fsp3) is 0.387. The van der Waals surface area contributed by atoms with Gasteiger partial charge in [-0.2, -0.15) is 0 Å². The molecule has 14 nitrogen and oxygen atoms in total. The number of hydrogen-bond donors (Lipinski definition) is 2. The van der Waals surface area contributed by atoms with Crippen LogP contribution in [-0.2, 0) is 23.6 Å². The largest absolute Gasteiger partial charge is 0.443 e. The van der Waals surface area contributed by atoms with Crippen molar-refractivity contribution >= 4 is 28.7 Å². The second-order valence-electron chi connectivity index (χ2n) is 12.0. The summed E-state index contributed by atoms with van der Waals surface area (Å²) < 4.78 is 20.6. The monoisotopic (exact) mass is 642 g/mol. The second-order valence-corrected chi connectivity index (χ2v) is 12.4. The van der Waals surface area contributed by atoms with E-state index in [0.717, 1.165) is 61.8 Å². The van der Waals surface area contributed by atoms with Gasteiger partial charge in [0.2, 0.25) is 5.82 Å². The third-order valence-electron chi connectivity index (χ3n) is 8.91. The number of primary amides is 1. The van der Waals surface area contributed by atoms with Crippen LogP contribution in [-0.4, -0.2) is 76.5 Å². The highest BCUT2D eigenvalue weighted by Crippen LogP contribution is 2.49. The number of aromatic nitrogens is 8. The number of fused-ring (bicyclic) bond motifs is 2. The van der Waals surface area contributed by atoms with E-state index in [1.54, 1.807) is 18.3 Å². The van der Waals surface area contributed by atoms with E-state index < -0.39 is 11.7 Å². The maximum Gasteiger partial charge on any atom is 0.292 e. The third kappa shape index (κ3) is 5.21. The Bertz CT molecular complexity index is 1930. The van der Waals surface area contributed by atoms with Crippen LogP contribution < -0.4 is 15.2 Å². The van der Waals surface area contributed by atoms with Crippen LogP contribution in [0.3, 0.4) is 0 Å². The molecule has 1 amide bonds. The van der Waals surface area contributed by atoms with E-state index in [9.17, 15) is 4.79 Å². The molecule has 0 bridgehead atoms. The van der Waals surface area contributed by atoms with Crippen molar-refractivity contribution in [2.75, 3.05) is 19.7 Å². The van der Waals surface area contributed by atoms with E-state index in [2.05, 4.69) is 45.9 Å². The molecule has 15 heteroatoms. The highest BCUT2D eigenvalue weighted by molar-refractivity contribution is 6.30. The zero-order valence-corrected chi connectivity index (χ0v) is 25.8.